The van der Waals surface area contributed by atoms with E-state index in [2.05, 4.69) is 10.3 Å². The number of ether oxygens (including phenoxy) is 2. The van der Waals surface area contributed by atoms with Gasteiger partial charge in [0.25, 0.3) is 5.91 Å². The van der Waals surface area contributed by atoms with Gasteiger partial charge < -0.3 is 19.4 Å². The van der Waals surface area contributed by atoms with Gasteiger partial charge in [0.2, 0.25) is 5.91 Å². The molecule has 2 heterocycles. The first-order valence-corrected chi connectivity index (χ1v) is 15.8. The van der Waals surface area contributed by atoms with Crippen molar-refractivity contribution in [2.45, 2.75) is 46.6 Å². The van der Waals surface area contributed by atoms with E-state index in [0.29, 0.717) is 35.7 Å². The zero-order chi connectivity index (χ0) is 27.4. The molecule has 0 fully saturated rings. The summed E-state index contributed by atoms with van der Waals surface area (Å²) in [5.41, 5.74) is 2.00. The zero-order valence-electron chi connectivity index (χ0n) is 21.4. The highest BCUT2D eigenvalue weighted by atomic mass is 32.2. The van der Waals surface area contributed by atoms with Gasteiger partial charge in [0, 0.05) is 11.4 Å². The minimum Gasteiger partial charge on any atom is -0.494 e. The summed E-state index contributed by atoms with van der Waals surface area (Å²) >= 11 is 2.52. The molecule has 0 aliphatic heterocycles. The van der Waals surface area contributed by atoms with Crippen molar-refractivity contribution in [3.63, 3.8) is 0 Å². The summed E-state index contributed by atoms with van der Waals surface area (Å²) in [5.74, 6) is -3.35. The van der Waals surface area contributed by atoms with Crippen LogP contribution in [-0.2, 0) is 43.5 Å². The van der Waals surface area contributed by atoms with Crippen LogP contribution in [0.3, 0.4) is 0 Å². The van der Waals surface area contributed by atoms with E-state index in [1.54, 1.807) is 6.92 Å². The fourth-order valence-corrected chi connectivity index (χ4v) is 7.80. The van der Waals surface area contributed by atoms with Crippen molar-refractivity contribution in [2.24, 2.45) is 4.99 Å². The number of carbonyl (C=O) groups excluding carboxylic acids is 3. The van der Waals surface area contributed by atoms with E-state index in [4.69, 9.17) is 9.47 Å². The van der Waals surface area contributed by atoms with Gasteiger partial charge in [0.15, 0.2) is 14.6 Å². The van der Waals surface area contributed by atoms with Crippen LogP contribution in [0, 0.1) is 0 Å². The molecule has 1 aliphatic rings. The van der Waals surface area contributed by atoms with Crippen LogP contribution in [0.4, 0.5) is 5.00 Å². The summed E-state index contributed by atoms with van der Waals surface area (Å²) < 4.78 is 38.7. The van der Waals surface area contributed by atoms with E-state index < -0.39 is 39.1 Å². The Hall–Kier alpha value is -3.03. The standard InChI is InChI=1S/C25H29N3O7S3/c1-4-28-17-11-10-15(34-5-2)12-19(17)37-25(28)27-21(30)14-38(32,33)13-20(29)26-23-22(24(31)35-6-3)16-8-7-9-18(16)36-23/h10-12H,4-9,13-14H2,1-3H3,(H,26,29). The van der Waals surface area contributed by atoms with Crippen molar-refractivity contribution in [2.75, 3.05) is 30.0 Å². The van der Waals surface area contributed by atoms with Gasteiger partial charge in [-0.2, -0.15) is 4.99 Å². The Morgan fingerprint density at radius 1 is 1.08 bits per heavy atom. The van der Waals surface area contributed by atoms with Crippen molar-refractivity contribution < 1.29 is 32.3 Å². The molecule has 0 bridgehead atoms. The molecule has 2 aromatic heterocycles. The molecule has 2 amide bonds. The second-order valence-electron chi connectivity index (χ2n) is 8.56. The van der Waals surface area contributed by atoms with E-state index in [0.717, 1.165) is 33.5 Å². The summed E-state index contributed by atoms with van der Waals surface area (Å²) in [6.45, 7) is 6.71. The highest BCUT2D eigenvalue weighted by molar-refractivity contribution is 7.92. The van der Waals surface area contributed by atoms with Gasteiger partial charge in [0.1, 0.15) is 22.3 Å². The van der Waals surface area contributed by atoms with Crippen LogP contribution >= 0.6 is 22.7 Å². The minimum absolute atomic E-state index is 0.183. The van der Waals surface area contributed by atoms with E-state index in [-0.39, 0.29) is 11.6 Å². The van der Waals surface area contributed by atoms with Gasteiger partial charge in [-0.3, -0.25) is 9.59 Å². The average Bonchev–Trinajstić information content (AvgIpc) is 3.50. The van der Waals surface area contributed by atoms with Crippen LogP contribution in [0.1, 0.15) is 48.0 Å². The lowest BCUT2D eigenvalue weighted by Gasteiger charge is -2.08. The molecule has 0 saturated carbocycles. The molecule has 4 rings (SSSR count). The predicted octanol–water partition coefficient (Wildman–Crippen LogP) is 3.33. The SMILES string of the molecule is CCOC(=O)c1c(NC(=O)CS(=O)(=O)CC(=O)N=c2sc3cc(OCC)ccc3n2CC)sc2c1CCC2. The highest BCUT2D eigenvalue weighted by Crippen LogP contribution is 2.39. The van der Waals surface area contributed by atoms with Crippen LogP contribution < -0.4 is 14.9 Å². The molecule has 0 atom stereocenters. The number of fused-ring (bicyclic) bond motifs is 2. The van der Waals surface area contributed by atoms with Crippen molar-refractivity contribution in [3.05, 3.63) is 39.0 Å². The lowest BCUT2D eigenvalue weighted by Crippen LogP contribution is -2.28. The molecule has 0 saturated heterocycles. The highest BCUT2D eigenvalue weighted by Gasteiger charge is 2.29. The number of nitrogens with zero attached hydrogens (tertiary/aromatic N) is 2. The third kappa shape index (κ3) is 6.16. The molecule has 204 valence electrons. The Bertz CT molecular complexity index is 1560. The van der Waals surface area contributed by atoms with Gasteiger partial charge in [0.05, 0.1) is 29.0 Å². The fraction of sp³-hybridized carbons (Fsp3) is 0.440. The van der Waals surface area contributed by atoms with Gasteiger partial charge >= 0.3 is 5.97 Å². The summed E-state index contributed by atoms with van der Waals surface area (Å²) in [6, 6.07) is 5.55. The monoisotopic (exact) mass is 579 g/mol. The number of amides is 2. The number of sulfone groups is 1. The third-order valence-corrected chi connectivity index (χ3v) is 9.49. The molecule has 10 nitrogen and oxygen atoms in total. The van der Waals surface area contributed by atoms with Crippen molar-refractivity contribution in [1.82, 2.24) is 4.57 Å². The van der Waals surface area contributed by atoms with Crippen molar-refractivity contribution in [1.29, 1.82) is 0 Å². The largest absolute Gasteiger partial charge is 0.494 e. The first-order valence-electron chi connectivity index (χ1n) is 12.3. The van der Waals surface area contributed by atoms with Crippen LogP contribution in [0.15, 0.2) is 23.2 Å². The Balaban J connectivity index is 1.48. The van der Waals surface area contributed by atoms with E-state index in [9.17, 15) is 22.8 Å². The number of thiazole rings is 1. The Kier molecular flexibility index (Phi) is 8.68. The molecule has 1 aromatic carbocycles. The number of thiophene rings is 1. The van der Waals surface area contributed by atoms with Gasteiger partial charge in [-0.05, 0) is 63.8 Å². The summed E-state index contributed by atoms with van der Waals surface area (Å²) in [5, 5.41) is 2.84. The fourth-order valence-electron chi connectivity index (χ4n) is 4.35. The molecule has 1 aliphatic carbocycles. The smallest absolute Gasteiger partial charge is 0.341 e. The number of esters is 1. The van der Waals surface area contributed by atoms with Crippen LogP contribution in [-0.4, -0.2) is 55.5 Å². The van der Waals surface area contributed by atoms with Crippen molar-refractivity contribution >= 4 is 65.5 Å². The summed E-state index contributed by atoms with van der Waals surface area (Å²) in [7, 11) is -4.11. The molecule has 0 spiro atoms. The number of carbonyl (C=O) groups is 3. The first kappa shape index (κ1) is 28.0. The number of hydrogen-bond donors (Lipinski definition) is 1. The lowest BCUT2D eigenvalue weighted by atomic mass is 10.1. The maximum Gasteiger partial charge on any atom is 0.341 e. The molecule has 0 radical (unpaired) electrons. The molecule has 3 aromatic rings. The van der Waals surface area contributed by atoms with Crippen LogP contribution in [0.25, 0.3) is 10.2 Å². The minimum atomic E-state index is -4.11. The molecular weight excluding hydrogens is 550 g/mol. The number of rotatable bonds is 10. The Morgan fingerprint density at radius 3 is 2.58 bits per heavy atom. The molecular formula is C25H29N3O7S3. The molecule has 13 heteroatoms. The normalized spacial score (nSPS) is 13.5. The summed E-state index contributed by atoms with van der Waals surface area (Å²) in [6.07, 6.45) is 2.40. The Morgan fingerprint density at radius 2 is 1.87 bits per heavy atom. The van der Waals surface area contributed by atoms with Crippen molar-refractivity contribution in [3.8, 4) is 5.75 Å². The number of aromatic nitrogens is 1. The topological polar surface area (TPSA) is 133 Å². The number of anilines is 1. The predicted molar refractivity (Wildman–Crippen MR) is 147 cm³/mol. The van der Waals surface area contributed by atoms with E-state index in [1.165, 1.54) is 22.7 Å². The summed E-state index contributed by atoms with van der Waals surface area (Å²) in [4.78, 5) is 43.2. The average molecular weight is 580 g/mol. The maximum absolute atomic E-state index is 12.7. The second kappa shape index (κ2) is 11.8. The van der Waals surface area contributed by atoms with Gasteiger partial charge in [-0.15, -0.1) is 11.3 Å². The second-order valence-corrected chi connectivity index (χ2v) is 12.7. The third-order valence-electron chi connectivity index (χ3n) is 5.85. The zero-order valence-corrected chi connectivity index (χ0v) is 23.8. The first-order chi connectivity index (χ1) is 18.2. The van der Waals surface area contributed by atoms with Gasteiger partial charge in [-0.25, -0.2) is 13.2 Å². The molecule has 0 unspecified atom stereocenters. The van der Waals surface area contributed by atoms with E-state index >= 15 is 0 Å². The van der Waals surface area contributed by atoms with Gasteiger partial charge in [-0.1, -0.05) is 11.3 Å². The number of benzene rings is 1. The van der Waals surface area contributed by atoms with Crippen LogP contribution in [0.5, 0.6) is 5.75 Å². The number of nitrogens with one attached hydrogen (secondary N) is 1. The quantitative estimate of drug-likeness (QED) is 0.364. The Labute approximate surface area is 228 Å². The number of aryl methyl sites for hydroxylation is 2. The molecule has 1 N–H and O–H groups in total. The number of hydrogen-bond acceptors (Lipinski definition) is 9. The lowest BCUT2D eigenvalue weighted by molar-refractivity contribution is -0.115. The van der Waals surface area contributed by atoms with Crippen LogP contribution in [0.2, 0.25) is 0 Å². The molecule has 38 heavy (non-hydrogen) atoms. The van der Waals surface area contributed by atoms with E-state index in [1.807, 2.05) is 36.6 Å². The maximum atomic E-state index is 12.7.